The van der Waals surface area contributed by atoms with Crippen LogP contribution in [0.25, 0.3) is 10.9 Å². The van der Waals surface area contributed by atoms with Crippen LogP contribution in [0.2, 0.25) is 0 Å². The summed E-state index contributed by atoms with van der Waals surface area (Å²) in [6.07, 6.45) is 7.47. The number of fused-ring (bicyclic) bond motifs is 2. The molecule has 1 aromatic carbocycles. The number of para-hydroxylation sites is 1. The van der Waals surface area contributed by atoms with Crippen LogP contribution >= 0.6 is 0 Å². The van der Waals surface area contributed by atoms with E-state index in [0.29, 0.717) is 0 Å². The highest BCUT2D eigenvalue weighted by molar-refractivity contribution is 5.86. The van der Waals surface area contributed by atoms with Gasteiger partial charge in [-0.1, -0.05) is 31.5 Å². The predicted molar refractivity (Wildman–Crippen MR) is 89.7 cm³/mol. The van der Waals surface area contributed by atoms with Crippen LogP contribution in [0.15, 0.2) is 18.2 Å². The molecule has 2 aromatic rings. The van der Waals surface area contributed by atoms with Crippen molar-refractivity contribution < 1.29 is 0 Å². The van der Waals surface area contributed by atoms with Crippen molar-refractivity contribution in [1.82, 2.24) is 10.3 Å². The zero-order chi connectivity index (χ0) is 14.7. The number of aromatic nitrogens is 1. The Bertz CT molecular complexity index is 631. The predicted octanol–water partition coefficient (Wildman–Crippen LogP) is 4.31. The number of pyridine rings is 1. The Balaban J connectivity index is 2.03. The first-order chi connectivity index (χ1) is 10.3. The van der Waals surface area contributed by atoms with Crippen molar-refractivity contribution in [3.63, 3.8) is 0 Å². The highest BCUT2D eigenvalue weighted by Crippen LogP contribution is 2.30. The van der Waals surface area contributed by atoms with Gasteiger partial charge in [-0.05, 0) is 62.3 Å². The van der Waals surface area contributed by atoms with Crippen LogP contribution < -0.4 is 5.32 Å². The van der Waals surface area contributed by atoms with E-state index in [1.165, 1.54) is 65.4 Å². The fourth-order valence-corrected chi connectivity index (χ4v) is 3.40. The minimum Gasteiger partial charge on any atom is -0.313 e. The first-order valence-corrected chi connectivity index (χ1v) is 8.42. The molecule has 1 aliphatic carbocycles. The molecule has 21 heavy (non-hydrogen) atoms. The standard InChI is InChI=1S/C19H26N2/c1-3-4-12-20-13-17-15-9-5-6-11-18(15)21-19-14(2)8-7-10-16(17)19/h7-8,10,20H,3-6,9,11-13H2,1-2H3. The van der Waals surface area contributed by atoms with Crippen LogP contribution in [0.1, 0.15) is 55.0 Å². The number of nitrogens with zero attached hydrogens (tertiary/aromatic N) is 1. The normalized spacial score (nSPS) is 14.4. The van der Waals surface area contributed by atoms with Gasteiger partial charge in [0.2, 0.25) is 0 Å². The van der Waals surface area contributed by atoms with Gasteiger partial charge in [-0.15, -0.1) is 0 Å². The molecule has 2 nitrogen and oxygen atoms in total. The van der Waals surface area contributed by atoms with E-state index in [1.807, 2.05) is 0 Å². The highest BCUT2D eigenvalue weighted by Gasteiger charge is 2.18. The SMILES string of the molecule is CCCCNCc1c2c(nc3c(C)cccc13)CCCC2. The first-order valence-electron chi connectivity index (χ1n) is 8.42. The lowest BCUT2D eigenvalue weighted by atomic mass is 9.89. The molecule has 2 heteroatoms. The molecular weight excluding hydrogens is 256 g/mol. The molecular formula is C19H26N2. The van der Waals surface area contributed by atoms with Crippen LogP contribution in [0.4, 0.5) is 0 Å². The smallest absolute Gasteiger partial charge is 0.0737 e. The molecule has 0 bridgehead atoms. The summed E-state index contributed by atoms with van der Waals surface area (Å²) in [5.74, 6) is 0. The van der Waals surface area contributed by atoms with Gasteiger partial charge in [0, 0.05) is 17.6 Å². The van der Waals surface area contributed by atoms with Crippen molar-refractivity contribution in [1.29, 1.82) is 0 Å². The molecule has 112 valence electrons. The van der Waals surface area contributed by atoms with E-state index in [4.69, 9.17) is 4.98 Å². The molecule has 0 spiro atoms. The molecule has 1 heterocycles. The number of aryl methyl sites for hydroxylation is 2. The molecule has 0 fully saturated rings. The fourth-order valence-electron chi connectivity index (χ4n) is 3.40. The quantitative estimate of drug-likeness (QED) is 0.827. The third-order valence-electron chi connectivity index (χ3n) is 4.62. The van der Waals surface area contributed by atoms with Crippen molar-refractivity contribution in [2.45, 2.75) is 58.9 Å². The maximum absolute atomic E-state index is 4.99. The lowest BCUT2D eigenvalue weighted by molar-refractivity contribution is 0.624. The zero-order valence-electron chi connectivity index (χ0n) is 13.3. The van der Waals surface area contributed by atoms with E-state index >= 15 is 0 Å². The molecule has 1 N–H and O–H groups in total. The summed E-state index contributed by atoms with van der Waals surface area (Å²) in [5, 5.41) is 5.00. The van der Waals surface area contributed by atoms with E-state index in [9.17, 15) is 0 Å². The van der Waals surface area contributed by atoms with Crippen molar-refractivity contribution in [3.05, 3.63) is 40.6 Å². The minimum atomic E-state index is 0.991. The van der Waals surface area contributed by atoms with Gasteiger partial charge < -0.3 is 5.32 Å². The van der Waals surface area contributed by atoms with E-state index in [1.54, 1.807) is 0 Å². The zero-order valence-corrected chi connectivity index (χ0v) is 13.3. The number of nitrogens with one attached hydrogen (secondary N) is 1. The minimum absolute atomic E-state index is 0.991. The van der Waals surface area contributed by atoms with Gasteiger partial charge in [-0.25, -0.2) is 0 Å². The monoisotopic (exact) mass is 282 g/mol. The van der Waals surface area contributed by atoms with E-state index in [-0.39, 0.29) is 0 Å². The lowest BCUT2D eigenvalue weighted by Crippen LogP contribution is -2.19. The summed E-state index contributed by atoms with van der Waals surface area (Å²) < 4.78 is 0. The average Bonchev–Trinajstić information content (AvgIpc) is 2.51. The van der Waals surface area contributed by atoms with Gasteiger partial charge in [0.05, 0.1) is 5.52 Å². The topological polar surface area (TPSA) is 24.9 Å². The second-order valence-electron chi connectivity index (χ2n) is 6.22. The van der Waals surface area contributed by atoms with Gasteiger partial charge in [-0.2, -0.15) is 0 Å². The molecule has 0 aliphatic heterocycles. The van der Waals surface area contributed by atoms with Gasteiger partial charge >= 0.3 is 0 Å². The molecule has 3 rings (SSSR count). The molecule has 1 aliphatic rings. The van der Waals surface area contributed by atoms with Crippen molar-refractivity contribution >= 4 is 10.9 Å². The number of benzene rings is 1. The van der Waals surface area contributed by atoms with E-state index < -0.39 is 0 Å². The van der Waals surface area contributed by atoms with E-state index in [0.717, 1.165) is 19.5 Å². The van der Waals surface area contributed by atoms with Gasteiger partial charge in [0.15, 0.2) is 0 Å². The molecule has 0 unspecified atom stereocenters. The van der Waals surface area contributed by atoms with Crippen LogP contribution in [-0.2, 0) is 19.4 Å². The number of hydrogen-bond acceptors (Lipinski definition) is 2. The van der Waals surface area contributed by atoms with Crippen molar-refractivity contribution in [2.24, 2.45) is 0 Å². The van der Waals surface area contributed by atoms with Gasteiger partial charge in [0.25, 0.3) is 0 Å². The summed E-state index contributed by atoms with van der Waals surface area (Å²) in [6, 6.07) is 6.60. The summed E-state index contributed by atoms with van der Waals surface area (Å²) >= 11 is 0. The molecule has 0 saturated heterocycles. The van der Waals surface area contributed by atoms with Crippen LogP contribution in [0, 0.1) is 6.92 Å². The number of rotatable bonds is 5. The van der Waals surface area contributed by atoms with E-state index in [2.05, 4.69) is 37.4 Å². The van der Waals surface area contributed by atoms with Crippen LogP contribution in [0.5, 0.6) is 0 Å². The Hall–Kier alpha value is -1.41. The largest absolute Gasteiger partial charge is 0.313 e. The third kappa shape index (κ3) is 2.96. The Morgan fingerprint density at radius 2 is 2.05 bits per heavy atom. The number of unbranched alkanes of at least 4 members (excludes halogenated alkanes) is 1. The summed E-state index contributed by atoms with van der Waals surface area (Å²) in [4.78, 5) is 4.99. The Morgan fingerprint density at radius 3 is 2.90 bits per heavy atom. The highest BCUT2D eigenvalue weighted by atomic mass is 14.8. The number of hydrogen-bond donors (Lipinski definition) is 1. The van der Waals surface area contributed by atoms with Gasteiger partial charge in [-0.3, -0.25) is 4.98 Å². The van der Waals surface area contributed by atoms with Crippen molar-refractivity contribution in [2.75, 3.05) is 6.54 Å². The van der Waals surface area contributed by atoms with Crippen LogP contribution in [-0.4, -0.2) is 11.5 Å². The second kappa shape index (κ2) is 6.57. The van der Waals surface area contributed by atoms with Crippen molar-refractivity contribution in [3.8, 4) is 0 Å². The maximum Gasteiger partial charge on any atom is 0.0737 e. The Morgan fingerprint density at radius 1 is 1.19 bits per heavy atom. The average molecular weight is 282 g/mol. The molecule has 1 aromatic heterocycles. The molecule has 0 saturated carbocycles. The summed E-state index contributed by atoms with van der Waals surface area (Å²) in [6.45, 7) is 6.53. The Labute approximate surface area is 128 Å². The van der Waals surface area contributed by atoms with Crippen LogP contribution in [0.3, 0.4) is 0 Å². The lowest BCUT2D eigenvalue weighted by Gasteiger charge is -2.21. The second-order valence-corrected chi connectivity index (χ2v) is 6.22. The molecule has 0 amide bonds. The summed E-state index contributed by atoms with van der Waals surface area (Å²) in [7, 11) is 0. The summed E-state index contributed by atoms with van der Waals surface area (Å²) in [5.41, 5.74) is 6.91. The van der Waals surface area contributed by atoms with Gasteiger partial charge in [0.1, 0.15) is 0 Å². The third-order valence-corrected chi connectivity index (χ3v) is 4.62. The molecule has 0 atom stereocenters. The molecule has 0 radical (unpaired) electrons. The fraction of sp³-hybridized carbons (Fsp3) is 0.526. The Kier molecular flexibility index (Phi) is 4.54. The first kappa shape index (κ1) is 14.5. The maximum atomic E-state index is 4.99.